The highest BCUT2D eigenvalue weighted by Crippen LogP contribution is 2.26. The number of hydrogen-bond acceptors (Lipinski definition) is 4. The van der Waals surface area contributed by atoms with Gasteiger partial charge in [-0.2, -0.15) is 11.8 Å². The molecule has 0 amide bonds. The molecule has 4 heteroatoms. The number of rotatable bonds is 6. The van der Waals surface area contributed by atoms with Crippen molar-refractivity contribution in [3.8, 4) is 0 Å². The Bertz CT molecular complexity index is 462. The molecule has 1 heterocycles. The van der Waals surface area contributed by atoms with Crippen LogP contribution in [0.1, 0.15) is 31.3 Å². The molecule has 0 saturated heterocycles. The Labute approximate surface area is 117 Å². The van der Waals surface area contributed by atoms with Crippen LogP contribution in [0, 0.1) is 0 Å². The predicted molar refractivity (Wildman–Crippen MR) is 83.6 cm³/mol. The molecular weight excluding hydrogens is 260 g/mol. The topological polar surface area (TPSA) is 24.9 Å². The monoisotopic (exact) mass is 280 g/mol. The molecule has 0 aliphatic rings. The molecule has 0 spiro atoms. The van der Waals surface area contributed by atoms with E-state index in [4.69, 9.17) is 0 Å². The van der Waals surface area contributed by atoms with Crippen LogP contribution in [0.15, 0.2) is 24.3 Å². The molecule has 18 heavy (non-hydrogen) atoms. The maximum atomic E-state index is 4.68. The van der Waals surface area contributed by atoms with Gasteiger partial charge in [-0.1, -0.05) is 19.1 Å². The van der Waals surface area contributed by atoms with E-state index in [1.54, 1.807) is 11.3 Å². The Morgan fingerprint density at radius 2 is 2.11 bits per heavy atom. The maximum Gasteiger partial charge on any atom is 0.111 e. The van der Waals surface area contributed by atoms with Gasteiger partial charge in [-0.05, 0) is 38.3 Å². The molecule has 0 bridgehead atoms. The smallest absolute Gasteiger partial charge is 0.111 e. The summed E-state index contributed by atoms with van der Waals surface area (Å²) < 4.78 is 1.28. The minimum Gasteiger partial charge on any atom is -0.308 e. The van der Waals surface area contributed by atoms with E-state index >= 15 is 0 Å². The molecule has 0 aliphatic heterocycles. The molecule has 1 aromatic carbocycles. The molecule has 2 unspecified atom stereocenters. The summed E-state index contributed by atoms with van der Waals surface area (Å²) in [5.74, 6) is 0. The Kier molecular flexibility index (Phi) is 5.03. The van der Waals surface area contributed by atoms with Crippen LogP contribution in [-0.4, -0.2) is 23.0 Å². The number of thioether (sulfide) groups is 1. The van der Waals surface area contributed by atoms with Crippen LogP contribution in [-0.2, 0) is 0 Å². The highest BCUT2D eigenvalue weighted by molar-refractivity contribution is 7.99. The highest BCUT2D eigenvalue weighted by atomic mass is 32.2. The lowest BCUT2D eigenvalue weighted by atomic mass is 10.3. The Morgan fingerprint density at radius 1 is 1.33 bits per heavy atom. The van der Waals surface area contributed by atoms with Gasteiger partial charge in [0.2, 0.25) is 0 Å². The zero-order chi connectivity index (χ0) is 13.0. The van der Waals surface area contributed by atoms with Crippen LogP contribution in [0.25, 0.3) is 10.2 Å². The van der Waals surface area contributed by atoms with Crippen LogP contribution in [0.4, 0.5) is 0 Å². The Balaban J connectivity index is 1.94. The number of nitrogens with zero attached hydrogens (tertiary/aromatic N) is 1. The van der Waals surface area contributed by atoms with Crippen molar-refractivity contribution in [1.29, 1.82) is 0 Å². The second-order valence-electron chi connectivity index (χ2n) is 4.53. The molecule has 0 saturated carbocycles. The largest absolute Gasteiger partial charge is 0.308 e. The van der Waals surface area contributed by atoms with Crippen molar-refractivity contribution < 1.29 is 0 Å². The Morgan fingerprint density at radius 3 is 2.83 bits per heavy atom. The molecular formula is C14H20N2S2. The molecule has 1 aromatic heterocycles. The van der Waals surface area contributed by atoms with E-state index < -0.39 is 0 Å². The second kappa shape index (κ2) is 6.55. The summed E-state index contributed by atoms with van der Waals surface area (Å²) in [6, 6.07) is 8.68. The third-order valence-corrected chi connectivity index (χ3v) is 5.34. The van der Waals surface area contributed by atoms with Crippen molar-refractivity contribution in [1.82, 2.24) is 10.3 Å². The van der Waals surface area contributed by atoms with E-state index in [2.05, 4.69) is 48.6 Å². The number of para-hydroxylation sites is 1. The number of nitrogens with one attached hydrogen (secondary N) is 1. The van der Waals surface area contributed by atoms with Crippen LogP contribution >= 0.6 is 23.1 Å². The van der Waals surface area contributed by atoms with Crippen LogP contribution < -0.4 is 5.32 Å². The lowest BCUT2D eigenvalue weighted by Gasteiger charge is -2.13. The van der Waals surface area contributed by atoms with E-state index in [1.165, 1.54) is 16.1 Å². The zero-order valence-corrected chi connectivity index (χ0v) is 12.8. The third-order valence-electron chi connectivity index (χ3n) is 3.08. The molecule has 0 radical (unpaired) electrons. The zero-order valence-electron chi connectivity index (χ0n) is 11.1. The first kappa shape index (κ1) is 13.8. The molecule has 2 nitrogen and oxygen atoms in total. The minimum absolute atomic E-state index is 0.344. The fourth-order valence-corrected chi connectivity index (χ4v) is 3.13. The summed E-state index contributed by atoms with van der Waals surface area (Å²) in [6.07, 6.45) is 3.37. The lowest BCUT2D eigenvalue weighted by Crippen LogP contribution is -2.21. The first-order chi connectivity index (χ1) is 8.70. The van der Waals surface area contributed by atoms with E-state index in [9.17, 15) is 0 Å². The molecule has 1 N–H and O–H groups in total. The number of benzene rings is 1. The predicted octanol–water partition coefficient (Wildman–Crippen LogP) is 4.09. The van der Waals surface area contributed by atoms with Gasteiger partial charge in [-0.15, -0.1) is 11.3 Å². The quantitative estimate of drug-likeness (QED) is 0.862. The number of fused-ring (bicyclic) bond motifs is 1. The van der Waals surface area contributed by atoms with Crippen molar-refractivity contribution in [2.45, 2.75) is 31.6 Å². The van der Waals surface area contributed by atoms with E-state index in [0.717, 1.165) is 17.3 Å². The van der Waals surface area contributed by atoms with Gasteiger partial charge >= 0.3 is 0 Å². The van der Waals surface area contributed by atoms with Crippen molar-refractivity contribution in [2.24, 2.45) is 0 Å². The standard InChI is InChI=1S/C14H20N2S2/c1-10(17-3)8-9-15-11(2)14-16-12-6-4-5-7-13(12)18-14/h4-7,10-11,15H,8-9H2,1-3H3. The molecule has 2 aromatic rings. The molecule has 0 fully saturated rings. The van der Waals surface area contributed by atoms with Crippen molar-refractivity contribution in [3.63, 3.8) is 0 Å². The summed E-state index contributed by atoms with van der Waals surface area (Å²) in [4.78, 5) is 4.68. The van der Waals surface area contributed by atoms with Gasteiger partial charge in [-0.25, -0.2) is 4.98 Å². The minimum atomic E-state index is 0.344. The van der Waals surface area contributed by atoms with Crippen LogP contribution in [0.5, 0.6) is 0 Å². The maximum absolute atomic E-state index is 4.68. The summed E-state index contributed by atoms with van der Waals surface area (Å²) in [6.45, 7) is 5.52. The van der Waals surface area contributed by atoms with Crippen molar-refractivity contribution in [3.05, 3.63) is 29.3 Å². The van der Waals surface area contributed by atoms with Gasteiger partial charge in [0.1, 0.15) is 5.01 Å². The normalized spacial score (nSPS) is 14.8. The average molecular weight is 280 g/mol. The second-order valence-corrected chi connectivity index (χ2v) is 6.87. The summed E-state index contributed by atoms with van der Waals surface area (Å²) in [7, 11) is 0. The summed E-state index contributed by atoms with van der Waals surface area (Å²) in [5.41, 5.74) is 1.11. The van der Waals surface area contributed by atoms with E-state index in [-0.39, 0.29) is 0 Å². The fraction of sp³-hybridized carbons (Fsp3) is 0.500. The summed E-state index contributed by atoms with van der Waals surface area (Å²) in [5, 5.41) is 5.47. The van der Waals surface area contributed by atoms with Crippen molar-refractivity contribution in [2.75, 3.05) is 12.8 Å². The average Bonchev–Trinajstić information content (AvgIpc) is 2.82. The van der Waals surface area contributed by atoms with Gasteiger partial charge in [0.05, 0.1) is 16.3 Å². The Hall–Kier alpha value is -0.580. The number of aromatic nitrogens is 1. The van der Waals surface area contributed by atoms with Crippen LogP contribution in [0.3, 0.4) is 0 Å². The molecule has 2 rings (SSSR count). The summed E-state index contributed by atoms with van der Waals surface area (Å²) >= 11 is 3.71. The first-order valence-corrected chi connectivity index (χ1v) is 8.43. The van der Waals surface area contributed by atoms with E-state index in [1.807, 2.05) is 17.8 Å². The van der Waals surface area contributed by atoms with Crippen molar-refractivity contribution >= 4 is 33.3 Å². The first-order valence-electron chi connectivity index (χ1n) is 6.32. The molecule has 98 valence electrons. The SMILES string of the molecule is CSC(C)CCNC(C)c1nc2ccccc2s1. The van der Waals surface area contributed by atoms with E-state index in [0.29, 0.717) is 6.04 Å². The molecule has 2 atom stereocenters. The number of thiazole rings is 1. The van der Waals surface area contributed by atoms with Crippen LogP contribution in [0.2, 0.25) is 0 Å². The van der Waals surface area contributed by atoms with Gasteiger partial charge in [0.15, 0.2) is 0 Å². The van der Waals surface area contributed by atoms with Gasteiger partial charge in [-0.3, -0.25) is 0 Å². The fourth-order valence-electron chi connectivity index (χ4n) is 1.78. The molecule has 0 aliphatic carbocycles. The van der Waals surface area contributed by atoms with Gasteiger partial charge in [0, 0.05) is 5.25 Å². The lowest BCUT2D eigenvalue weighted by molar-refractivity contribution is 0.556. The highest BCUT2D eigenvalue weighted by Gasteiger charge is 2.10. The van der Waals surface area contributed by atoms with Gasteiger partial charge in [0.25, 0.3) is 0 Å². The van der Waals surface area contributed by atoms with Gasteiger partial charge < -0.3 is 5.32 Å². The third kappa shape index (κ3) is 3.46. The number of hydrogen-bond donors (Lipinski definition) is 1.